The third-order valence-corrected chi connectivity index (χ3v) is 4.89. The maximum absolute atomic E-state index is 12.3. The number of benzene rings is 2. The first-order valence-electron chi connectivity index (χ1n) is 8.98. The molecule has 1 aliphatic heterocycles. The first kappa shape index (κ1) is 20.6. The van der Waals surface area contributed by atoms with Gasteiger partial charge in [0.1, 0.15) is 18.1 Å². The van der Waals surface area contributed by atoms with E-state index in [1.807, 2.05) is 6.92 Å². The Morgan fingerprint density at radius 2 is 1.93 bits per heavy atom. The number of carbonyl (C=O) groups excluding carboxylic acids is 2. The molecule has 0 aromatic heterocycles. The molecule has 0 unspecified atom stereocenters. The highest BCUT2D eigenvalue weighted by atomic mass is 79.9. The van der Waals surface area contributed by atoms with Crippen LogP contribution in [0.25, 0.3) is 6.08 Å². The molecule has 1 aliphatic rings. The number of nitrogens with zero attached hydrogens (tertiary/aromatic N) is 1. The highest BCUT2D eigenvalue weighted by Gasteiger charge is 2.32. The number of urea groups is 1. The minimum Gasteiger partial charge on any atom is -0.488 e. The van der Waals surface area contributed by atoms with Crippen LogP contribution >= 0.6 is 15.9 Å². The first-order chi connectivity index (χ1) is 13.9. The standard InChI is InChI=1S/C21H19BrN2O5/c1-2-9-24-19(25)17(23-21(24)28)11-14-5-8-18(16(22)10-14)29-12-13-3-6-15(7-4-13)20(26)27/h3-8,10-11H,2,9,12H2,1H3,(H,23,28)(H,26,27). The number of carboxylic acid groups (broad SMARTS) is 1. The number of amides is 3. The quantitative estimate of drug-likeness (QED) is 0.482. The molecule has 0 spiro atoms. The Bertz CT molecular complexity index is 985. The van der Waals surface area contributed by atoms with E-state index in [9.17, 15) is 14.4 Å². The molecule has 0 saturated carbocycles. The predicted octanol–water partition coefficient (Wildman–Crippen LogP) is 4.03. The number of hydrogen-bond donors (Lipinski definition) is 2. The van der Waals surface area contributed by atoms with Gasteiger partial charge < -0.3 is 15.2 Å². The van der Waals surface area contributed by atoms with Crippen molar-refractivity contribution in [3.05, 3.63) is 69.3 Å². The normalized spacial score (nSPS) is 15.0. The molecule has 0 radical (unpaired) electrons. The summed E-state index contributed by atoms with van der Waals surface area (Å²) in [6.45, 7) is 2.56. The minimum atomic E-state index is -0.973. The first-order valence-corrected chi connectivity index (χ1v) is 9.77. The smallest absolute Gasteiger partial charge is 0.335 e. The molecule has 150 valence electrons. The molecule has 2 aromatic rings. The second-order valence-corrected chi connectivity index (χ2v) is 7.28. The zero-order chi connectivity index (χ0) is 21.0. The van der Waals surface area contributed by atoms with E-state index in [1.165, 1.54) is 17.0 Å². The van der Waals surface area contributed by atoms with Gasteiger partial charge in [-0.2, -0.15) is 0 Å². The summed E-state index contributed by atoms with van der Waals surface area (Å²) in [7, 11) is 0. The van der Waals surface area contributed by atoms with E-state index in [2.05, 4.69) is 21.2 Å². The molecule has 3 amide bonds. The molecule has 1 fully saturated rings. The number of ether oxygens (including phenoxy) is 1. The zero-order valence-corrected chi connectivity index (χ0v) is 17.2. The van der Waals surface area contributed by atoms with Gasteiger partial charge in [-0.15, -0.1) is 0 Å². The Morgan fingerprint density at radius 1 is 1.21 bits per heavy atom. The number of imide groups is 1. The van der Waals surface area contributed by atoms with E-state index in [0.717, 1.165) is 11.1 Å². The van der Waals surface area contributed by atoms with Crippen molar-refractivity contribution in [2.45, 2.75) is 20.0 Å². The average Bonchev–Trinajstić information content (AvgIpc) is 2.95. The van der Waals surface area contributed by atoms with Crippen LogP contribution in [0.4, 0.5) is 4.79 Å². The lowest BCUT2D eigenvalue weighted by molar-refractivity contribution is -0.122. The molecule has 3 rings (SSSR count). The van der Waals surface area contributed by atoms with Crippen molar-refractivity contribution >= 4 is 39.9 Å². The summed E-state index contributed by atoms with van der Waals surface area (Å²) in [6.07, 6.45) is 2.32. The fourth-order valence-electron chi connectivity index (χ4n) is 2.79. The Morgan fingerprint density at radius 3 is 2.55 bits per heavy atom. The summed E-state index contributed by atoms with van der Waals surface area (Å²) in [4.78, 5) is 36.2. The van der Waals surface area contributed by atoms with Crippen molar-refractivity contribution in [1.29, 1.82) is 0 Å². The maximum atomic E-state index is 12.3. The average molecular weight is 459 g/mol. The molecule has 2 aromatic carbocycles. The highest BCUT2D eigenvalue weighted by molar-refractivity contribution is 9.10. The summed E-state index contributed by atoms with van der Waals surface area (Å²) in [5, 5.41) is 11.5. The highest BCUT2D eigenvalue weighted by Crippen LogP contribution is 2.28. The van der Waals surface area contributed by atoms with E-state index >= 15 is 0 Å². The monoisotopic (exact) mass is 458 g/mol. The van der Waals surface area contributed by atoms with E-state index in [0.29, 0.717) is 23.2 Å². The molecule has 0 atom stereocenters. The lowest BCUT2D eigenvalue weighted by Crippen LogP contribution is -2.31. The molecule has 29 heavy (non-hydrogen) atoms. The number of carbonyl (C=O) groups is 3. The van der Waals surface area contributed by atoms with Crippen molar-refractivity contribution in [3.8, 4) is 5.75 Å². The number of carboxylic acids is 1. The van der Waals surface area contributed by atoms with E-state index < -0.39 is 12.0 Å². The van der Waals surface area contributed by atoms with Gasteiger partial charge in [0.2, 0.25) is 0 Å². The van der Waals surface area contributed by atoms with Gasteiger partial charge in [-0.25, -0.2) is 9.59 Å². The van der Waals surface area contributed by atoms with Gasteiger partial charge in [0.25, 0.3) is 5.91 Å². The largest absolute Gasteiger partial charge is 0.488 e. The molecule has 0 aliphatic carbocycles. The summed E-state index contributed by atoms with van der Waals surface area (Å²) >= 11 is 3.45. The Balaban J connectivity index is 1.68. The molecule has 1 heterocycles. The van der Waals surface area contributed by atoms with Crippen LogP contribution in [0.3, 0.4) is 0 Å². The maximum Gasteiger partial charge on any atom is 0.335 e. The second-order valence-electron chi connectivity index (χ2n) is 6.43. The molecule has 0 bridgehead atoms. The van der Waals surface area contributed by atoms with Crippen LogP contribution in [-0.2, 0) is 11.4 Å². The van der Waals surface area contributed by atoms with Crippen molar-refractivity contribution in [3.63, 3.8) is 0 Å². The SMILES string of the molecule is CCCN1C(=O)NC(=Cc2ccc(OCc3ccc(C(=O)O)cc3)c(Br)c2)C1=O. The minimum absolute atomic E-state index is 0.221. The summed E-state index contributed by atoms with van der Waals surface area (Å²) in [5.74, 6) is -0.707. The van der Waals surface area contributed by atoms with Gasteiger partial charge in [-0.05, 0) is 63.8 Å². The van der Waals surface area contributed by atoms with Gasteiger partial charge in [0.05, 0.1) is 10.0 Å². The van der Waals surface area contributed by atoms with Gasteiger partial charge in [-0.1, -0.05) is 25.1 Å². The van der Waals surface area contributed by atoms with Crippen LogP contribution in [0, 0.1) is 0 Å². The third-order valence-electron chi connectivity index (χ3n) is 4.27. The number of nitrogens with one attached hydrogen (secondary N) is 1. The fraction of sp³-hybridized carbons (Fsp3) is 0.190. The third kappa shape index (κ3) is 4.83. The number of aromatic carboxylic acids is 1. The van der Waals surface area contributed by atoms with Crippen molar-refractivity contribution in [2.24, 2.45) is 0 Å². The van der Waals surface area contributed by atoms with Crippen LogP contribution in [0.15, 0.2) is 52.6 Å². The Kier molecular flexibility index (Phi) is 6.33. The van der Waals surface area contributed by atoms with Gasteiger partial charge in [0, 0.05) is 6.54 Å². The van der Waals surface area contributed by atoms with Crippen LogP contribution in [0.5, 0.6) is 5.75 Å². The molecular weight excluding hydrogens is 440 g/mol. The predicted molar refractivity (Wildman–Crippen MR) is 110 cm³/mol. The van der Waals surface area contributed by atoms with Crippen LogP contribution in [0.1, 0.15) is 34.8 Å². The van der Waals surface area contributed by atoms with Crippen molar-refractivity contribution < 1.29 is 24.2 Å². The van der Waals surface area contributed by atoms with Gasteiger partial charge in [0.15, 0.2) is 0 Å². The Hall–Kier alpha value is -3.13. The molecule has 1 saturated heterocycles. The van der Waals surface area contributed by atoms with E-state index in [4.69, 9.17) is 9.84 Å². The topological polar surface area (TPSA) is 95.9 Å². The van der Waals surface area contributed by atoms with Crippen molar-refractivity contribution in [2.75, 3.05) is 6.54 Å². The number of hydrogen-bond acceptors (Lipinski definition) is 4. The van der Waals surface area contributed by atoms with Crippen LogP contribution in [-0.4, -0.2) is 34.5 Å². The van der Waals surface area contributed by atoms with Crippen molar-refractivity contribution in [1.82, 2.24) is 10.2 Å². The van der Waals surface area contributed by atoms with Gasteiger partial charge >= 0.3 is 12.0 Å². The second kappa shape index (κ2) is 8.91. The summed E-state index contributed by atoms with van der Waals surface area (Å²) in [5.41, 5.74) is 2.03. The van der Waals surface area contributed by atoms with E-state index in [-0.39, 0.29) is 23.8 Å². The van der Waals surface area contributed by atoms with Crippen LogP contribution in [0.2, 0.25) is 0 Å². The molecule has 2 N–H and O–H groups in total. The van der Waals surface area contributed by atoms with Crippen LogP contribution < -0.4 is 10.1 Å². The molecule has 8 heteroatoms. The molecular formula is C21H19BrN2O5. The summed E-state index contributed by atoms with van der Waals surface area (Å²) < 4.78 is 6.47. The molecule has 7 nitrogen and oxygen atoms in total. The Labute approximate surface area is 176 Å². The lowest BCUT2D eigenvalue weighted by Gasteiger charge is -2.10. The van der Waals surface area contributed by atoms with Gasteiger partial charge in [-0.3, -0.25) is 9.69 Å². The number of halogens is 1. The lowest BCUT2D eigenvalue weighted by atomic mass is 10.1. The zero-order valence-electron chi connectivity index (χ0n) is 15.6. The summed E-state index contributed by atoms with van der Waals surface area (Å²) in [6, 6.07) is 11.4. The number of rotatable bonds is 7. The van der Waals surface area contributed by atoms with E-state index in [1.54, 1.807) is 36.4 Å². The fourth-order valence-corrected chi connectivity index (χ4v) is 3.30.